The van der Waals surface area contributed by atoms with Gasteiger partial charge in [-0.1, -0.05) is 13.8 Å². The Morgan fingerprint density at radius 2 is 1.95 bits per heavy atom. The second-order valence-electron chi connectivity index (χ2n) is 5.13. The summed E-state index contributed by atoms with van der Waals surface area (Å²) in [5, 5.41) is 19.6. The Balaban J connectivity index is 2.27. The number of hydrogen-bond donors (Lipinski definition) is 1. The number of hydrogen-bond acceptors (Lipinski definition) is 3. The molecule has 1 unspecified atom stereocenters. The maximum Gasteiger partial charge on any atom is 0.101 e. The van der Waals surface area contributed by atoms with Crippen molar-refractivity contribution in [2.45, 2.75) is 52.7 Å². The molecule has 0 bridgehead atoms. The monoisotopic (exact) mass is 354 g/mol. The van der Waals surface area contributed by atoms with Crippen molar-refractivity contribution in [3.05, 3.63) is 33.3 Å². The van der Waals surface area contributed by atoms with Crippen LogP contribution < -0.4 is 0 Å². The van der Waals surface area contributed by atoms with Gasteiger partial charge in [0.15, 0.2) is 0 Å². The fourth-order valence-electron chi connectivity index (χ4n) is 2.51. The summed E-state index contributed by atoms with van der Waals surface area (Å²) >= 11 is 3.60. The molecule has 116 valence electrons. The molecule has 2 aromatic rings. The molecule has 0 saturated carbocycles. The number of nitrogens with zero attached hydrogens (tertiary/aromatic N) is 4. The summed E-state index contributed by atoms with van der Waals surface area (Å²) in [6, 6.07) is 2.00. The van der Waals surface area contributed by atoms with Gasteiger partial charge in [-0.05, 0) is 41.8 Å². The van der Waals surface area contributed by atoms with E-state index in [2.05, 4.69) is 40.0 Å². The number of halogens is 1. The third-order valence-electron chi connectivity index (χ3n) is 3.75. The molecule has 21 heavy (non-hydrogen) atoms. The summed E-state index contributed by atoms with van der Waals surface area (Å²) in [6.45, 7) is 6.95. The molecule has 5 nitrogen and oxygen atoms in total. The molecule has 6 heteroatoms. The van der Waals surface area contributed by atoms with Crippen molar-refractivity contribution in [2.75, 3.05) is 0 Å². The molecule has 2 rings (SSSR count). The molecular formula is C15H23BrN4O. The van der Waals surface area contributed by atoms with E-state index in [9.17, 15) is 5.11 Å². The molecule has 0 aromatic carbocycles. The van der Waals surface area contributed by atoms with Gasteiger partial charge in [-0.25, -0.2) is 0 Å². The first-order valence-corrected chi connectivity index (χ1v) is 8.25. The van der Waals surface area contributed by atoms with Crippen molar-refractivity contribution in [2.24, 2.45) is 7.05 Å². The van der Waals surface area contributed by atoms with E-state index < -0.39 is 6.10 Å². The van der Waals surface area contributed by atoms with Crippen molar-refractivity contribution >= 4 is 15.9 Å². The van der Waals surface area contributed by atoms with Crippen molar-refractivity contribution < 1.29 is 5.11 Å². The molecule has 2 heterocycles. The minimum Gasteiger partial charge on any atom is -0.386 e. The van der Waals surface area contributed by atoms with Crippen LogP contribution in [0.4, 0.5) is 0 Å². The van der Waals surface area contributed by atoms with E-state index in [1.165, 1.54) is 0 Å². The van der Waals surface area contributed by atoms with Crippen LogP contribution in [0, 0.1) is 0 Å². The second kappa shape index (κ2) is 6.75. The molecule has 2 aromatic heterocycles. The summed E-state index contributed by atoms with van der Waals surface area (Å²) in [5.74, 6) is 0. The van der Waals surface area contributed by atoms with Gasteiger partial charge < -0.3 is 5.11 Å². The lowest BCUT2D eigenvalue weighted by Gasteiger charge is -2.13. The minimum atomic E-state index is -0.575. The number of aryl methyl sites for hydroxylation is 4. The number of aromatic nitrogens is 4. The van der Waals surface area contributed by atoms with Crippen molar-refractivity contribution in [3.8, 4) is 0 Å². The third-order valence-corrected chi connectivity index (χ3v) is 4.67. The van der Waals surface area contributed by atoms with E-state index in [4.69, 9.17) is 0 Å². The highest BCUT2D eigenvalue weighted by molar-refractivity contribution is 9.10. The van der Waals surface area contributed by atoms with Crippen LogP contribution in [0.15, 0.2) is 10.5 Å². The molecule has 0 radical (unpaired) electrons. The molecule has 0 aliphatic carbocycles. The van der Waals surface area contributed by atoms with E-state index in [0.717, 1.165) is 46.6 Å². The molecule has 0 amide bonds. The summed E-state index contributed by atoms with van der Waals surface area (Å²) in [7, 11) is 1.92. The highest BCUT2D eigenvalue weighted by Gasteiger charge is 2.20. The Labute approximate surface area is 134 Å². The smallest absolute Gasteiger partial charge is 0.101 e. The summed E-state index contributed by atoms with van der Waals surface area (Å²) in [6.07, 6.45) is 1.70. The number of aliphatic hydroxyl groups is 1. The van der Waals surface area contributed by atoms with Gasteiger partial charge in [0.05, 0.1) is 27.2 Å². The Kier molecular flexibility index (Phi) is 5.22. The Morgan fingerprint density at radius 1 is 1.24 bits per heavy atom. The van der Waals surface area contributed by atoms with Gasteiger partial charge in [0.25, 0.3) is 0 Å². The maximum atomic E-state index is 10.6. The van der Waals surface area contributed by atoms with Crippen LogP contribution in [0.2, 0.25) is 0 Å². The van der Waals surface area contributed by atoms with Crippen LogP contribution in [0.25, 0.3) is 0 Å². The fraction of sp³-hybridized carbons (Fsp3) is 0.600. The second-order valence-corrected chi connectivity index (χ2v) is 5.93. The van der Waals surface area contributed by atoms with Gasteiger partial charge in [0.1, 0.15) is 6.10 Å². The molecule has 1 N–H and O–H groups in total. The lowest BCUT2D eigenvalue weighted by molar-refractivity contribution is 0.164. The average molecular weight is 355 g/mol. The molecule has 0 fully saturated rings. The highest BCUT2D eigenvalue weighted by Crippen LogP contribution is 2.27. The molecule has 1 atom stereocenters. The normalized spacial score (nSPS) is 12.9. The van der Waals surface area contributed by atoms with Crippen LogP contribution in [0.3, 0.4) is 0 Å². The van der Waals surface area contributed by atoms with Gasteiger partial charge in [0.2, 0.25) is 0 Å². The van der Waals surface area contributed by atoms with E-state index in [1.54, 1.807) is 0 Å². The first-order chi connectivity index (χ1) is 10.0. The zero-order valence-corrected chi connectivity index (χ0v) is 14.7. The van der Waals surface area contributed by atoms with Crippen molar-refractivity contribution in [3.63, 3.8) is 0 Å². The first-order valence-electron chi connectivity index (χ1n) is 7.46. The lowest BCUT2D eigenvalue weighted by atomic mass is 10.1. The van der Waals surface area contributed by atoms with Crippen molar-refractivity contribution in [1.82, 2.24) is 19.6 Å². The van der Waals surface area contributed by atoms with E-state index >= 15 is 0 Å². The zero-order valence-electron chi connectivity index (χ0n) is 13.1. The molecular weight excluding hydrogens is 332 g/mol. The number of aliphatic hydroxyl groups excluding tert-OH is 1. The Bertz CT molecular complexity index is 617. The van der Waals surface area contributed by atoms with E-state index in [0.29, 0.717) is 6.42 Å². The van der Waals surface area contributed by atoms with Gasteiger partial charge in [-0.2, -0.15) is 10.2 Å². The predicted octanol–water partition coefficient (Wildman–Crippen LogP) is 2.80. The molecule has 0 aliphatic rings. The standard InChI is InChI=1S/C15H23BrN4O/c1-5-10-8-12(20(7-3)17-10)14(21)9-13-15(16)11(6-2)18-19(13)4/h8,14,21H,5-7,9H2,1-4H3. The van der Waals surface area contributed by atoms with Crippen molar-refractivity contribution in [1.29, 1.82) is 0 Å². The maximum absolute atomic E-state index is 10.6. The van der Waals surface area contributed by atoms with Gasteiger partial charge >= 0.3 is 0 Å². The summed E-state index contributed by atoms with van der Waals surface area (Å²) in [5.41, 5.74) is 3.93. The summed E-state index contributed by atoms with van der Waals surface area (Å²) in [4.78, 5) is 0. The van der Waals surface area contributed by atoms with Gasteiger partial charge in [-0.3, -0.25) is 9.36 Å². The molecule has 0 saturated heterocycles. The molecule has 0 spiro atoms. The largest absolute Gasteiger partial charge is 0.386 e. The van der Waals surface area contributed by atoms with Crippen LogP contribution in [-0.2, 0) is 32.9 Å². The topological polar surface area (TPSA) is 55.9 Å². The molecule has 0 aliphatic heterocycles. The summed E-state index contributed by atoms with van der Waals surface area (Å²) < 4.78 is 4.73. The Morgan fingerprint density at radius 3 is 2.48 bits per heavy atom. The SMILES string of the molecule is CCc1cc(C(O)Cc2c(Br)c(CC)nn2C)n(CC)n1. The lowest BCUT2D eigenvalue weighted by Crippen LogP contribution is -2.12. The fourth-order valence-corrected chi connectivity index (χ4v) is 3.29. The highest BCUT2D eigenvalue weighted by atomic mass is 79.9. The van der Waals surface area contributed by atoms with E-state index in [-0.39, 0.29) is 0 Å². The van der Waals surface area contributed by atoms with E-state index in [1.807, 2.05) is 29.4 Å². The van der Waals surface area contributed by atoms with Crippen LogP contribution in [0.5, 0.6) is 0 Å². The average Bonchev–Trinajstić information content (AvgIpc) is 3.02. The number of rotatable bonds is 6. The van der Waals surface area contributed by atoms with Crippen LogP contribution in [-0.4, -0.2) is 24.7 Å². The minimum absolute atomic E-state index is 0.527. The third kappa shape index (κ3) is 3.21. The van der Waals surface area contributed by atoms with Crippen LogP contribution in [0.1, 0.15) is 49.7 Å². The van der Waals surface area contributed by atoms with Gasteiger partial charge in [-0.15, -0.1) is 0 Å². The van der Waals surface area contributed by atoms with Crippen LogP contribution >= 0.6 is 15.9 Å². The first kappa shape index (κ1) is 16.2. The predicted molar refractivity (Wildman–Crippen MR) is 86.2 cm³/mol. The quantitative estimate of drug-likeness (QED) is 0.867. The Hall–Kier alpha value is -1.14. The zero-order chi connectivity index (χ0) is 15.6. The van der Waals surface area contributed by atoms with Gasteiger partial charge in [0, 0.05) is 20.0 Å².